The lowest BCUT2D eigenvalue weighted by Gasteiger charge is -2.16. The van der Waals surface area contributed by atoms with Gasteiger partial charge in [0.05, 0.1) is 0 Å². The van der Waals surface area contributed by atoms with Crippen LogP contribution in [0.3, 0.4) is 0 Å². The van der Waals surface area contributed by atoms with Gasteiger partial charge in [0.25, 0.3) is 5.91 Å². The summed E-state index contributed by atoms with van der Waals surface area (Å²) in [5, 5.41) is 12.4. The Labute approximate surface area is 215 Å². The van der Waals surface area contributed by atoms with E-state index in [9.17, 15) is 10.1 Å². The summed E-state index contributed by atoms with van der Waals surface area (Å²) in [6, 6.07) is 23.2. The van der Waals surface area contributed by atoms with E-state index in [1.807, 2.05) is 61.5 Å². The molecule has 0 atom stereocenters. The molecule has 5 nitrogen and oxygen atoms in total. The molecule has 0 bridgehead atoms. The van der Waals surface area contributed by atoms with E-state index in [4.69, 9.17) is 9.47 Å². The van der Waals surface area contributed by atoms with Crippen LogP contribution in [-0.4, -0.2) is 19.1 Å². The fourth-order valence-corrected chi connectivity index (χ4v) is 3.87. The standard InChI is InChI=1S/C29H29BrN2O3/c1-20(2)26-11-9-21(3)15-28(26)35-14-13-34-27-12-10-25(30)17-23(27)16-24(18-31)29(33)32-19-22-7-5-4-6-8-22/h4-12,15-17,20H,13-14,19H2,1-3H3,(H,32,33)/b24-16+. The maximum absolute atomic E-state index is 12.6. The van der Waals surface area contributed by atoms with Crippen molar-refractivity contribution in [3.05, 3.63) is 99.0 Å². The number of hydrogen-bond donors (Lipinski definition) is 1. The summed E-state index contributed by atoms with van der Waals surface area (Å²) in [5.41, 5.74) is 3.88. The molecule has 1 N–H and O–H groups in total. The Morgan fingerprint density at radius 2 is 1.74 bits per heavy atom. The number of amides is 1. The molecule has 0 fully saturated rings. The van der Waals surface area contributed by atoms with Gasteiger partial charge in [0.2, 0.25) is 0 Å². The van der Waals surface area contributed by atoms with E-state index in [2.05, 4.69) is 47.2 Å². The minimum atomic E-state index is -0.439. The normalized spacial score (nSPS) is 11.1. The second-order valence-electron chi connectivity index (χ2n) is 8.41. The summed E-state index contributed by atoms with van der Waals surface area (Å²) in [4.78, 5) is 12.6. The van der Waals surface area contributed by atoms with Crippen LogP contribution >= 0.6 is 15.9 Å². The minimum Gasteiger partial charge on any atom is -0.490 e. The van der Waals surface area contributed by atoms with Crippen molar-refractivity contribution >= 4 is 27.9 Å². The largest absolute Gasteiger partial charge is 0.490 e. The maximum atomic E-state index is 12.6. The van der Waals surface area contributed by atoms with Crippen molar-refractivity contribution in [3.8, 4) is 17.6 Å². The van der Waals surface area contributed by atoms with Crippen LogP contribution in [0.4, 0.5) is 0 Å². The molecule has 0 radical (unpaired) electrons. The Morgan fingerprint density at radius 1 is 1.03 bits per heavy atom. The van der Waals surface area contributed by atoms with Gasteiger partial charge in [-0.25, -0.2) is 0 Å². The highest BCUT2D eigenvalue weighted by Gasteiger charge is 2.12. The van der Waals surface area contributed by atoms with Gasteiger partial charge in [0, 0.05) is 16.6 Å². The lowest BCUT2D eigenvalue weighted by molar-refractivity contribution is -0.117. The average Bonchev–Trinajstić information content (AvgIpc) is 2.85. The van der Waals surface area contributed by atoms with Crippen molar-refractivity contribution in [1.29, 1.82) is 5.26 Å². The summed E-state index contributed by atoms with van der Waals surface area (Å²) < 4.78 is 12.8. The average molecular weight is 533 g/mol. The Kier molecular flexibility index (Phi) is 9.51. The molecule has 0 aliphatic heterocycles. The number of carbonyl (C=O) groups is 1. The van der Waals surface area contributed by atoms with Crippen LogP contribution in [0.2, 0.25) is 0 Å². The number of benzene rings is 3. The van der Waals surface area contributed by atoms with Gasteiger partial charge in [-0.15, -0.1) is 0 Å². The third-order valence-corrected chi connectivity index (χ3v) is 5.82. The van der Waals surface area contributed by atoms with Gasteiger partial charge in [0.15, 0.2) is 0 Å². The zero-order valence-electron chi connectivity index (χ0n) is 20.2. The Morgan fingerprint density at radius 3 is 2.43 bits per heavy atom. The van der Waals surface area contributed by atoms with Crippen LogP contribution in [0.5, 0.6) is 11.5 Å². The number of ether oxygens (including phenoxy) is 2. The monoisotopic (exact) mass is 532 g/mol. The number of nitriles is 1. The predicted octanol–water partition coefficient (Wildman–Crippen LogP) is 6.56. The van der Waals surface area contributed by atoms with Crippen molar-refractivity contribution in [3.63, 3.8) is 0 Å². The third kappa shape index (κ3) is 7.73. The summed E-state index contributed by atoms with van der Waals surface area (Å²) in [6.07, 6.45) is 1.54. The van der Waals surface area contributed by atoms with Crippen molar-refractivity contribution in [2.75, 3.05) is 13.2 Å². The highest BCUT2D eigenvalue weighted by molar-refractivity contribution is 9.10. The summed E-state index contributed by atoms with van der Waals surface area (Å²) in [5.74, 6) is 1.34. The predicted molar refractivity (Wildman–Crippen MR) is 142 cm³/mol. The van der Waals surface area contributed by atoms with E-state index >= 15 is 0 Å². The zero-order chi connectivity index (χ0) is 25.2. The summed E-state index contributed by atoms with van der Waals surface area (Å²) in [6.45, 7) is 7.33. The molecule has 0 aliphatic rings. The fourth-order valence-electron chi connectivity index (χ4n) is 3.49. The number of nitrogens with one attached hydrogen (secondary N) is 1. The minimum absolute atomic E-state index is 0.00136. The van der Waals surface area contributed by atoms with Crippen molar-refractivity contribution in [2.45, 2.75) is 33.2 Å². The first-order valence-electron chi connectivity index (χ1n) is 11.5. The number of aryl methyl sites for hydroxylation is 1. The number of rotatable bonds is 10. The second kappa shape index (κ2) is 12.8. The quantitative estimate of drug-likeness (QED) is 0.182. The number of halogens is 1. The van der Waals surface area contributed by atoms with Crippen molar-refractivity contribution in [1.82, 2.24) is 5.32 Å². The third-order valence-electron chi connectivity index (χ3n) is 5.32. The molecule has 0 saturated carbocycles. The van der Waals surface area contributed by atoms with Gasteiger partial charge in [-0.2, -0.15) is 5.26 Å². The van der Waals surface area contributed by atoms with Crippen LogP contribution < -0.4 is 14.8 Å². The van der Waals surface area contributed by atoms with Crippen LogP contribution in [0.1, 0.15) is 42.0 Å². The molecule has 0 aromatic heterocycles. The van der Waals surface area contributed by atoms with Crippen molar-refractivity contribution in [2.24, 2.45) is 0 Å². The van der Waals surface area contributed by atoms with E-state index in [1.54, 1.807) is 12.1 Å². The first kappa shape index (κ1) is 26.1. The second-order valence-corrected chi connectivity index (χ2v) is 9.33. The van der Waals surface area contributed by atoms with Crippen LogP contribution in [-0.2, 0) is 11.3 Å². The molecule has 35 heavy (non-hydrogen) atoms. The Bertz CT molecular complexity index is 1230. The molecule has 0 unspecified atom stereocenters. The van der Waals surface area contributed by atoms with E-state index in [-0.39, 0.29) is 5.57 Å². The molecule has 3 aromatic carbocycles. The molecule has 3 rings (SSSR count). The Hall–Kier alpha value is -3.56. The maximum Gasteiger partial charge on any atom is 0.262 e. The first-order valence-corrected chi connectivity index (χ1v) is 12.3. The van der Waals surface area contributed by atoms with E-state index in [0.717, 1.165) is 26.9 Å². The summed E-state index contributed by atoms with van der Waals surface area (Å²) in [7, 11) is 0. The zero-order valence-corrected chi connectivity index (χ0v) is 21.8. The van der Waals surface area contributed by atoms with E-state index in [1.165, 1.54) is 0 Å². The van der Waals surface area contributed by atoms with Crippen LogP contribution in [0.25, 0.3) is 6.08 Å². The number of carbonyl (C=O) groups excluding carboxylic acids is 1. The van der Waals surface area contributed by atoms with Crippen LogP contribution in [0.15, 0.2) is 76.8 Å². The smallest absolute Gasteiger partial charge is 0.262 e. The van der Waals surface area contributed by atoms with Gasteiger partial charge in [-0.3, -0.25) is 4.79 Å². The lowest BCUT2D eigenvalue weighted by Crippen LogP contribution is -2.23. The first-order chi connectivity index (χ1) is 16.9. The molecule has 180 valence electrons. The van der Waals surface area contributed by atoms with Gasteiger partial charge < -0.3 is 14.8 Å². The molecular formula is C29H29BrN2O3. The molecule has 0 aliphatic carbocycles. The van der Waals surface area contributed by atoms with Gasteiger partial charge >= 0.3 is 0 Å². The molecule has 0 spiro atoms. The van der Waals surface area contributed by atoms with E-state index in [0.29, 0.717) is 37.0 Å². The topological polar surface area (TPSA) is 71.3 Å². The summed E-state index contributed by atoms with van der Waals surface area (Å²) >= 11 is 3.45. The van der Waals surface area contributed by atoms with Gasteiger partial charge in [-0.05, 0) is 59.9 Å². The highest BCUT2D eigenvalue weighted by Crippen LogP contribution is 2.28. The molecular weight excluding hydrogens is 504 g/mol. The molecule has 1 amide bonds. The molecule has 0 heterocycles. The molecule has 3 aromatic rings. The lowest BCUT2D eigenvalue weighted by atomic mass is 10.0. The van der Waals surface area contributed by atoms with Crippen LogP contribution in [0, 0.1) is 18.3 Å². The molecule has 0 saturated heterocycles. The number of nitrogens with zero attached hydrogens (tertiary/aromatic N) is 1. The molecule has 6 heteroatoms. The number of hydrogen-bond acceptors (Lipinski definition) is 4. The SMILES string of the molecule is Cc1ccc(C(C)C)c(OCCOc2ccc(Br)cc2/C=C(\C#N)C(=O)NCc2ccccc2)c1. The van der Waals surface area contributed by atoms with Gasteiger partial charge in [0.1, 0.15) is 36.4 Å². The van der Waals surface area contributed by atoms with Gasteiger partial charge in [-0.1, -0.05) is 72.2 Å². The Balaban J connectivity index is 1.67. The highest BCUT2D eigenvalue weighted by atomic mass is 79.9. The fraction of sp³-hybridized carbons (Fsp3) is 0.241. The van der Waals surface area contributed by atoms with E-state index < -0.39 is 5.91 Å². The van der Waals surface area contributed by atoms with Crippen molar-refractivity contribution < 1.29 is 14.3 Å².